The number of fused-ring (bicyclic) bond motifs is 2. The lowest BCUT2D eigenvalue weighted by Gasteiger charge is -2.20. The number of rotatable bonds is 3. The number of nitrogens with zero attached hydrogens (tertiary/aromatic N) is 5. The van der Waals surface area contributed by atoms with Gasteiger partial charge in [-0.15, -0.1) is 0 Å². The Bertz CT molecular complexity index is 1160. The van der Waals surface area contributed by atoms with E-state index in [0.29, 0.717) is 23.3 Å². The highest BCUT2D eigenvalue weighted by atomic mass is 15.3. The Morgan fingerprint density at radius 1 is 1.11 bits per heavy atom. The number of imidazole rings is 1. The molecule has 1 saturated heterocycles. The number of hydrogen-bond acceptors (Lipinski definition) is 6. The molecule has 142 valence electrons. The van der Waals surface area contributed by atoms with Gasteiger partial charge < -0.3 is 20.5 Å². The fourth-order valence-corrected chi connectivity index (χ4v) is 3.88. The van der Waals surface area contributed by atoms with Gasteiger partial charge in [-0.05, 0) is 44.8 Å². The zero-order chi connectivity index (χ0) is 19.3. The number of pyridine rings is 2. The molecule has 4 heterocycles. The van der Waals surface area contributed by atoms with Gasteiger partial charge in [0.1, 0.15) is 17.5 Å². The smallest absolute Gasteiger partial charge is 0.180 e. The minimum absolute atomic E-state index is 0.464. The second-order valence-electron chi connectivity index (χ2n) is 7.59. The molecule has 7 nitrogen and oxygen atoms in total. The monoisotopic (exact) mass is 373 g/mol. The lowest BCUT2D eigenvalue weighted by molar-refractivity contribution is 0.315. The van der Waals surface area contributed by atoms with E-state index in [1.165, 1.54) is 0 Å². The number of aromatic amines is 1. The van der Waals surface area contributed by atoms with Crippen molar-refractivity contribution >= 4 is 33.7 Å². The Kier molecular flexibility index (Phi) is 3.91. The van der Waals surface area contributed by atoms with E-state index in [2.05, 4.69) is 39.9 Å². The van der Waals surface area contributed by atoms with Crippen LogP contribution < -0.4 is 10.6 Å². The molecule has 1 aliphatic heterocycles. The first-order chi connectivity index (χ1) is 13.6. The Labute approximate surface area is 163 Å². The Hall–Kier alpha value is -3.19. The van der Waals surface area contributed by atoms with Crippen LogP contribution in [0, 0.1) is 0 Å². The van der Waals surface area contributed by atoms with E-state index in [4.69, 9.17) is 15.7 Å². The highest BCUT2D eigenvalue weighted by Crippen LogP contribution is 2.29. The van der Waals surface area contributed by atoms with Crippen molar-refractivity contribution in [2.45, 2.75) is 12.5 Å². The van der Waals surface area contributed by atoms with Crippen LogP contribution in [-0.4, -0.2) is 58.1 Å². The molecule has 1 atom stereocenters. The number of aromatic nitrogens is 4. The number of anilines is 2. The summed E-state index contributed by atoms with van der Waals surface area (Å²) in [6.45, 7) is 2.00. The molecular weight excluding hydrogens is 350 g/mol. The molecule has 1 unspecified atom stereocenters. The van der Waals surface area contributed by atoms with Crippen molar-refractivity contribution in [2.24, 2.45) is 0 Å². The highest BCUT2D eigenvalue weighted by Gasteiger charge is 2.25. The molecule has 0 saturated carbocycles. The van der Waals surface area contributed by atoms with E-state index in [0.717, 1.165) is 47.3 Å². The van der Waals surface area contributed by atoms with Crippen molar-refractivity contribution in [3.8, 4) is 11.4 Å². The van der Waals surface area contributed by atoms with Crippen LogP contribution in [-0.2, 0) is 0 Å². The van der Waals surface area contributed by atoms with Gasteiger partial charge in [-0.3, -0.25) is 0 Å². The molecule has 0 bridgehead atoms. The normalized spacial score (nSPS) is 17.2. The fraction of sp³-hybridized carbons (Fsp3) is 0.286. The van der Waals surface area contributed by atoms with Crippen LogP contribution in [0.4, 0.5) is 11.6 Å². The van der Waals surface area contributed by atoms with E-state index < -0.39 is 0 Å². The SMILES string of the molecule is CN(C)C1CCN(c2ccc3[nH]c(-c4cc5ccccc5nc4N)nc3n2)C1. The molecule has 5 rings (SSSR count). The summed E-state index contributed by atoms with van der Waals surface area (Å²) in [5, 5.41) is 1.03. The lowest BCUT2D eigenvalue weighted by atomic mass is 10.1. The van der Waals surface area contributed by atoms with Crippen LogP contribution in [0.25, 0.3) is 33.5 Å². The molecule has 7 heteroatoms. The molecule has 3 N–H and O–H groups in total. The summed E-state index contributed by atoms with van der Waals surface area (Å²) in [5.74, 6) is 2.13. The van der Waals surface area contributed by atoms with Gasteiger partial charge in [0.15, 0.2) is 5.65 Å². The summed E-state index contributed by atoms with van der Waals surface area (Å²) in [7, 11) is 4.26. The third kappa shape index (κ3) is 2.84. The highest BCUT2D eigenvalue weighted by molar-refractivity contribution is 5.89. The van der Waals surface area contributed by atoms with Gasteiger partial charge >= 0.3 is 0 Å². The zero-order valence-corrected chi connectivity index (χ0v) is 16.1. The summed E-state index contributed by atoms with van der Waals surface area (Å²) in [5.41, 5.74) is 9.49. The number of nitrogens with one attached hydrogen (secondary N) is 1. The predicted molar refractivity (Wildman–Crippen MR) is 113 cm³/mol. The molecule has 1 aliphatic rings. The van der Waals surface area contributed by atoms with E-state index >= 15 is 0 Å². The predicted octanol–water partition coefficient (Wildman–Crippen LogP) is 2.90. The third-order valence-corrected chi connectivity index (χ3v) is 5.56. The average molecular weight is 373 g/mol. The maximum atomic E-state index is 6.21. The molecule has 0 amide bonds. The van der Waals surface area contributed by atoms with Crippen molar-refractivity contribution in [2.75, 3.05) is 37.8 Å². The van der Waals surface area contributed by atoms with Gasteiger partial charge in [-0.25, -0.2) is 15.0 Å². The maximum absolute atomic E-state index is 6.21. The van der Waals surface area contributed by atoms with Crippen molar-refractivity contribution in [1.29, 1.82) is 0 Å². The molecule has 0 spiro atoms. The van der Waals surface area contributed by atoms with Crippen LogP contribution in [0.15, 0.2) is 42.5 Å². The van der Waals surface area contributed by atoms with E-state index in [1.807, 2.05) is 36.4 Å². The molecule has 3 aromatic heterocycles. The first kappa shape index (κ1) is 16.9. The summed E-state index contributed by atoms with van der Waals surface area (Å²) >= 11 is 0. The number of para-hydroxylation sites is 1. The topological polar surface area (TPSA) is 87.0 Å². The van der Waals surface area contributed by atoms with Gasteiger partial charge in [0.05, 0.1) is 16.6 Å². The van der Waals surface area contributed by atoms with E-state index in [1.54, 1.807) is 0 Å². The lowest BCUT2D eigenvalue weighted by Crippen LogP contribution is -2.31. The van der Waals surface area contributed by atoms with Gasteiger partial charge in [-0.2, -0.15) is 0 Å². The van der Waals surface area contributed by atoms with Crippen molar-refractivity contribution in [1.82, 2.24) is 24.8 Å². The summed E-state index contributed by atoms with van der Waals surface area (Å²) < 4.78 is 0. The summed E-state index contributed by atoms with van der Waals surface area (Å²) in [4.78, 5) is 22.0. The minimum atomic E-state index is 0.464. The minimum Gasteiger partial charge on any atom is -0.383 e. The molecule has 4 aromatic rings. The van der Waals surface area contributed by atoms with Gasteiger partial charge in [-0.1, -0.05) is 18.2 Å². The first-order valence-corrected chi connectivity index (χ1v) is 9.52. The van der Waals surface area contributed by atoms with Crippen LogP contribution in [0.1, 0.15) is 6.42 Å². The molecular formula is C21H23N7. The number of nitrogen functional groups attached to an aromatic ring is 1. The van der Waals surface area contributed by atoms with Crippen LogP contribution in [0.3, 0.4) is 0 Å². The van der Waals surface area contributed by atoms with E-state index in [-0.39, 0.29) is 0 Å². The molecule has 28 heavy (non-hydrogen) atoms. The van der Waals surface area contributed by atoms with Crippen molar-refractivity contribution in [3.05, 3.63) is 42.5 Å². The Morgan fingerprint density at radius 2 is 1.96 bits per heavy atom. The second kappa shape index (κ2) is 6.45. The number of H-pyrrole nitrogens is 1. The standard InChI is InChI=1S/C21H23N7/c1-27(2)14-9-10-28(12-14)18-8-7-17-21(25-18)26-20(24-17)15-11-13-5-3-4-6-16(13)23-19(15)22/h3-8,11,14H,9-10,12H2,1-2H3,(H2,22,23)(H,24,25,26). The van der Waals surface area contributed by atoms with Crippen LogP contribution >= 0.6 is 0 Å². The number of nitrogens with two attached hydrogens (primary N) is 1. The first-order valence-electron chi connectivity index (χ1n) is 9.52. The van der Waals surface area contributed by atoms with E-state index in [9.17, 15) is 0 Å². The number of likely N-dealkylation sites (N-methyl/N-ethyl adjacent to an activating group) is 1. The molecule has 1 aromatic carbocycles. The third-order valence-electron chi connectivity index (χ3n) is 5.56. The maximum Gasteiger partial charge on any atom is 0.180 e. The number of benzene rings is 1. The molecule has 0 radical (unpaired) electrons. The van der Waals surface area contributed by atoms with Crippen molar-refractivity contribution in [3.63, 3.8) is 0 Å². The molecule has 0 aliphatic carbocycles. The van der Waals surface area contributed by atoms with Gasteiger partial charge in [0, 0.05) is 24.5 Å². The number of hydrogen-bond donors (Lipinski definition) is 2. The van der Waals surface area contributed by atoms with Gasteiger partial charge in [0.2, 0.25) is 0 Å². The Morgan fingerprint density at radius 3 is 2.79 bits per heavy atom. The van der Waals surface area contributed by atoms with Gasteiger partial charge in [0.25, 0.3) is 0 Å². The Balaban J connectivity index is 1.51. The van der Waals surface area contributed by atoms with Crippen molar-refractivity contribution < 1.29 is 0 Å². The van der Waals surface area contributed by atoms with Crippen LogP contribution in [0.5, 0.6) is 0 Å². The summed E-state index contributed by atoms with van der Waals surface area (Å²) in [6.07, 6.45) is 1.15. The summed E-state index contributed by atoms with van der Waals surface area (Å²) in [6, 6.07) is 14.6. The zero-order valence-electron chi connectivity index (χ0n) is 16.1. The molecule has 1 fully saturated rings. The largest absolute Gasteiger partial charge is 0.383 e. The quantitative estimate of drug-likeness (QED) is 0.574. The second-order valence-corrected chi connectivity index (χ2v) is 7.59. The average Bonchev–Trinajstić information content (AvgIpc) is 3.34. The fourth-order valence-electron chi connectivity index (χ4n) is 3.88. The van der Waals surface area contributed by atoms with Crippen LogP contribution in [0.2, 0.25) is 0 Å².